The van der Waals surface area contributed by atoms with E-state index in [-0.39, 0.29) is 12.3 Å². The van der Waals surface area contributed by atoms with Gasteiger partial charge in [-0.15, -0.1) is 0 Å². The summed E-state index contributed by atoms with van der Waals surface area (Å²) in [6.45, 7) is 0. The van der Waals surface area contributed by atoms with E-state index >= 15 is 0 Å². The van der Waals surface area contributed by atoms with Gasteiger partial charge < -0.3 is 5.73 Å². The van der Waals surface area contributed by atoms with E-state index in [0.29, 0.717) is 5.56 Å². The number of primary amides is 1. The molecule has 1 heterocycles. The van der Waals surface area contributed by atoms with Crippen LogP contribution in [0.15, 0.2) is 6.20 Å². The third-order valence-corrected chi connectivity index (χ3v) is 0.868. The summed E-state index contributed by atoms with van der Waals surface area (Å²) in [6, 6.07) is 0. The number of H-pyrrole nitrogens is 1. The van der Waals surface area contributed by atoms with Gasteiger partial charge in [-0.25, -0.2) is 0 Å². The molecule has 0 aromatic carbocycles. The van der Waals surface area contributed by atoms with Gasteiger partial charge >= 0.3 is 0 Å². The van der Waals surface area contributed by atoms with Gasteiger partial charge in [0.05, 0.1) is 6.42 Å². The predicted octanol–water partition coefficient (Wildman–Crippen LogP) is -0.762. The van der Waals surface area contributed by atoms with Crippen molar-refractivity contribution in [3.63, 3.8) is 0 Å². The molecule has 0 unspecified atom stereocenters. The Labute approximate surface area is 52.1 Å². The van der Waals surface area contributed by atoms with Crippen molar-refractivity contribution in [3.8, 4) is 0 Å². The summed E-state index contributed by atoms with van der Waals surface area (Å²) in [7, 11) is 0. The normalized spacial score (nSPS) is 9.33. The van der Waals surface area contributed by atoms with E-state index in [1.807, 2.05) is 0 Å². The van der Waals surface area contributed by atoms with Crippen LogP contribution in [0.25, 0.3) is 0 Å². The van der Waals surface area contributed by atoms with Crippen LogP contribution in [-0.4, -0.2) is 16.1 Å². The Hall–Kier alpha value is -1.32. The minimum atomic E-state index is -0.368. The molecule has 0 saturated carbocycles. The number of nitrogens with two attached hydrogens (primary N) is 1. The van der Waals surface area contributed by atoms with Crippen molar-refractivity contribution in [1.82, 2.24) is 10.2 Å². The third-order valence-electron chi connectivity index (χ3n) is 0.868. The number of hydrogen-bond acceptors (Lipinski definition) is 2. The maximum absolute atomic E-state index is 10.2. The second kappa shape index (κ2) is 2.30. The summed E-state index contributed by atoms with van der Waals surface area (Å²) in [5.74, 6) is -0.368. The summed E-state index contributed by atoms with van der Waals surface area (Å²) < 4.78 is 0. The Morgan fingerprint density at radius 2 is 2.78 bits per heavy atom. The van der Waals surface area contributed by atoms with Crippen LogP contribution in [-0.2, 0) is 11.2 Å². The van der Waals surface area contributed by atoms with Crippen molar-refractivity contribution < 1.29 is 4.79 Å². The molecule has 0 bridgehead atoms. The maximum atomic E-state index is 10.2. The van der Waals surface area contributed by atoms with Crippen LogP contribution >= 0.6 is 0 Å². The fraction of sp³-hybridized carbons (Fsp3) is 0.200. The van der Waals surface area contributed by atoms with E-state index in [9.17, 15) is 4.79 Å². The molecule has 1 rings (SSSR count). The van der Waals surface area contributed by atoms with Gasteiger partial charge in [0.1, 0.15) is 6.20 Å². The lowest BCUT2D eigenvalue weighted by Gasteiger charge is -1.84. The molecule has 1 aromatic rings. The van der Waals surface area contributed by atoms with Gasteiger partial charge in [0.2, 0.25) is 5.91 Å². The van der Waals surface area contributed by atoms with E-state index in [1.54, 1.807) is 6.20 Å². The van der Waals surface area contributed by atoms with Crippen LogP contribution < -0.4 is 5.73 Å². The number of hydrogen-bond donors (Lipinski definition) is 2. The molecule has 0 aliphatic carbocycles. The zero-order valence-electron chi connectivity index (χ0n) is 4.72. The van der Waals surface area contributed by atoms with Crippen LogP contribution in [0.3, 0.4) is 0 Å². The molecule has 9 heavy (non-hydrogen) atoms. The second-order valence-corrected chi connectivity index (χ2v) is 1.67. The number of nitrogens with one attached hydrogen (secondary N) is 1. The number of nitrogens with zero attached hydrogens (tertiary/aromatic N) is 1. The highest BCUT2D eigenvalue weighted by Crippen LogP contribution is 1.91. The summed E-state index contributed by atoms with van der Waals surface area (Å²) >= 11 is 0. The van der Waals surface area contributed by atoms with Crippen LogP contribution in [0.2, 0.25) is 0 Å². The fourth-order valence-corrected chi connectivity index (χ4v) is 0.525. The second-order valence-electron chi connectivity index (χ2n) is 1.67. The molecule has 47 valence electrons. The Kier molecular flexibility index (Phi) is 1.48. The molecule has 3 N–H and O–H groups in total. The molecule has 0 aliphatic heterocycles. The third kappa shape index (κ3) is 1.56. The van der Waals surface area contributed by atoms with Crippen LogP contribution in [0.4, 0.5) is 0 Å². The fourth-order valence-electron chi connectivity index (χ4n) is 0.525. The Balaban J connectivity index is 2.58. The lowest BCUT2D eigenvalue weighted by molar-refractivity contribution is -0.117. The van der Waals surface area contributed by atoms with Crippen molar-refractivity contribution in [2.45, 2.75) is 6.42 Å². The van der Waals surface area contributed by atoms with E-state index in [2.05, 4.69) is 16.4 Å². The lowest BCUT2D eigenvalue weighted by Crippen LogP contribution is -2.13. The first-order valence-corrected chi connectivity index (χ1v) is 2.47. The molecule has 1 aromatic heterocycles. The van der Waals surface area contributed by atoms with Crippen molar-refractivity contribution in [2.75, 3.05) is 0 Å². The minimum absolute atomic E-state index is 0.205. The first-order chi connectivity index (χ1) is 4.29. The Morgan fingerprint density at radius 3 is 3.22 bits per heavy atom. The molecule has 0 spiro atoms. The average Bonchev–Trinajstić information content (AvgIpc) is 2.15. The van der Waals surface area contributed by atoms with Crippen molar-refractivity contribution in [2.24, 2.45) is 5.73 Å². The number of aromatic amines is 1. The number of aromatic nitrogens is 2. The lowest BCUT2D eigenvalue weighted by atomic mass is 10.2. The molecule has 1 amide bonds. The number of amides is 1. The SMILES string of the molecule is NC(=O)Cc1[c]n[nH]c1. The summed E-state index contributed by atoms with van der Waals surface area (Å²) in [6.07, 6.45) is 4.36. The van der Waals surface area contributed by atoms with Gasteiger partial charge in [0.15, 0.2) is 0 Å². The molecule has 0 atom stereocenters. The van der Waals surface area contributed by atoms with Crippen LogP contribution in [0, 0.1) is 6.20 Å². The Bertz CT molecular complexity index is 192. The molecule has 1 radical (unpaired) electrons. The standard InChI is InChI=1S/C5H6N3O/c6-5(9)1-4-2-7-8-3-4/h2H,1H2,(H2,6,9)(H,7,8). The zero-order valence-corrected chi connectivity index (χ0v) is 4.72. The molecule has 0 aliphatic rings. The van der Waals surface area contributed by atoms with Gasteiger partial charge in [-0.3, -0.25) is 9.89 Å². The van der Waals surface area contributed by atoms with E-state index in [0.717, 1.165) is 0 Å². The van der Waals surface area contributed by atoms with Gasteiger partial charge in [-0.1, -0.05) is 0 Å². The van der Waals surface area contributed by atoms with Gasteiger partial charge in [0.25, 0.3) is 0 Å². The summed E-state index contributed by atoms with van der Waals surface area (Å²) in [5.41, 5.74) is 5.58. The molecule has 0 fully saturated rings. The predicted molar refractivity (Wildman–Crippen MR) is 30.3 cm³/mol. The zero-order chi connectivity index (χ0) is 6.69. The van der Waals surface area contributed by atoms with Crippen molar-refractivity contribution in [1.29, 1.82) is 0 Å². The first-order valence-electron chi connectivity index (χ1n) is 2.47. The number of carbonyl (C=O) groups is 1. The largest absolute Gasteiger partial charge is 0.369 e. The van der Waals surface area contributed by atoms with Gasteiger partial charge in [-0.2, -0.15) is 5.10 Å². The van der Waals surface area contributed by atoms with Crippen LogP contribution in [0.1, 0.15) is 5.56 Å². The first kappa shape index (κ1) is 5.81. The van der Waals surface area contributed by atoms with E-state index in [1.165, 1.54) is 0 Å². The topological polar surface area (TPSA) is 71.8 Å². The highest BCUT2D eigenvalue weighted by atomic mass is 16.1. The summed E-state index contributed by atoms with van der Waals surface area (Å²) in [5, 5.41) is 6.04. The molecular formula is C5H6N3O. The summed E-state index contributed by atoms with van der Waals surface area (Å²) in [4.78, 5) is 10.2. The van der Waals surface area contributed by atoms with E-state index in [4.69, 9.17) is 5.73 Å². The maximum Gasteiger partial charge on any atom is 0.221 e. The highest BCUT2D eigenvalue weighted by Gasteiger charge is 1.97. The van der Waals surface area contributed by atoms with Crippen LogP contribution in [0.5, 0.6) is 0 Å². The van der Waals surface area contributed by atoms with E-state index < -0.39 is 0 Å². The average molecular weight is 124 g/mol. The monoisotopic (exact) mass is 124 g/mol. The Morgan fingerprint density at radius 1 is 2.00 bits per heavy atom. The number of carbonyl (C=O) groups excluding carboxylic acids is 1. The van der Waals surface area contributed by atoms with Gasteiger partial charge in [-0.05, 0) is 0 Å². The highest BCUT2D eigenvalue weighted by molar-refractivity contribution is 5.76. The van der Waals surface area contributed by atoms with Crippen molar-refractivity contribution in [3.05, 3.63) is 18.0 Å². The minimum Gasteiger partial charge on any atom is -0.369 e. The quantitative estimate of drug-likeness (QED) is 0.543. The molecule has 4 nitrogen and oxygen atoms in total. The van der Waals surface area contributed by atoms with Gasteiger partial charge in [0, 0.05) is 11.8 Å². The molecular weight excluding hydrogens is 118 g/mol. The smallest absolute Gasteiger partial charge is 0.221 e. The molecule has 0 saturated heterocycles. The molecule has 4 heteroatoms. The van der Waals surface area contributed by atoms with Crippen molar-refractivity contribution >= 4 is 5.91 Å². The number of rotatable bonds is 2.